The number of hydrogen-bond donors (Lipinski definition) is 4. The minimum atomic E-state index is -4.31. The zero-order valence-electron chi connectivity index (χ0n) is 28.0. The largest absolute Gasteiger partial charge is 0.338 e. The van der Waals surface area contributed by atoms with Crippen molar-refractivity contribution in [3.05, 3.63) is 71.8 Å². The lowest BCUT2D eigenvalue weighted by molar-refractivity contribution is -0.128. The molecule has 4 N–H and O–H groups in total. The lowest BCUT2D eigenvalue weighted by Crippen LogP contribution is -2.59. The van der Waals surface area contributed by atoms with E-state index in [0.29, 0.717) is 21.6 Å². The van der Waals surface area contributed by atoms with Crippen LogP contribution >= 0.6 is 68.0 Å². The van der Waals surface area contributed by atoms with Crippen LogP contribution in [0.2, 0.25) is 0 Å². The number of alkyl halides is 4. The van der Waals surface area contributed by atoms with Crippen LogP contribution in [0.4, 0.5) is 0 Å². The fraction of sp³-hybridized carbons (Fsp3) is 0.467. The van der Waals surface area contributed by atoms with E-state index in [-0.39, 0.29) is 60.8 Å². The van der Waals surface area contributed by atoms with E-state index in [0.717, 1.165) is 12.5 Å². The van der Waals surface area contributed by atoms with Gasteiger partial charge in [0.1, 0.15) is 21.2 Å². The van der Waals surface area contributed by atoms with Gasteiger partial charge in [-0.2, -0.15) is 0 Å². The van der Waals surface area contributed by atoms with E-state index in [9.17, 15) is 36.0 Å². The average Bonchev–Trinajstić information content (AvgIpc) is 3.08. The second-order valence-electron chi connectivity index (χ2n) is 10.9. The Kier molecular flexibility index (Phi) is 20.5. The molecular formula is C30H40Cl4N6O8S4. The smallest absolute Gasteiger partial charge is 0.259 e. The van der Waals surface area contributed by atoms with Crippen molar-refractivity contribution in [1.82, 2.24) is 31.5 Å². The number of amides is 4. The van der Waals surface area contributed by atoms with Crippen LogP contribution in [0, 0.1) is 0 Å². The van der Waals surface area contributed by atoms with Crippen LogP contribution < -0.4 is 21.5 Å². The molecule has 0 spiro atoms. The Hall–Kier alpha value is -2.00. The maximum atomic E-state index is 13.8. The molecule has 22 heteroatoms. The van der Waals surface area contributed by atoms with Gasteiger partial charge in [0.25, 0.3) is 23.6 Å². The fourth-order valence-corrected chi connectivity index (χ4v) is 13.2. The summed E-state index contributed by atoms with van der Waals surface area (Å²) in [5, 5.41) is 7.61. The van der Waals surface area contributed by atoms with Crippen molar-refractivity contribution in [2.75, 3.05) is 62.2 Å². The normalized spacial score (nSPS) is 14.2. The second kappa shape index (κ2) is 23.0. The first-order valence-corrected chi connectivity index (χ1v) is 23.7. The van der Waals surface area contributed by atoms with Crippen molar-refractivity contribution >= 4 is 111 Å². The van der Waals surface area contributed by atoms with Crippen LogP contribution in [0.15, 0.2) is 60.7 Å². The molecule has 0 radical (unpaired) electrons. The fourth-order valence-electron chi connectivity index (χ4n) is 4.31. The van der Waals surface area contributed by atoms with Crippen molar-refractivity contribution in [3.63, 3.8) is 0 Å². The van der Waals surface area contributed by atoms with Crippen molar-refractivity contribution in [1.29, 1.82) is 0 Å². The van der Waals surface area contributed by atoms with Crippen LogP contribution in [0.5, 0.6) is 0 Å². The number of nitrogens with one attached hydrogen (secondary N) is 4. The Morgan fingerprint density at radius 2 is 0.865 bits per heavy atom. The van der Waals surface area contributed by atoms with Gasteiger partial charge in [-0.15, -0.1) is 46.4 Å². The molecule has 4 amide bonds. The predicted molar refractivity (Wildman–Crippen MR) is 210 cm³/mol. The highest BCUT2D eigenvalue weighted by Gasteiger charge is 2.43. The van der Waals surface area contributed by atoms with E-state index in [1.54, 1.807) is 36.4 Å². The zero-order chi connectivity index (χ0) is 38.9. The summed E-state index contributed by atoms with van der Waals surface area (Å²) >= 11 is 23.5. The summed E-state index contributed by atoms with van der Waals surface area (Å²) < 4.78 is 49.9. The third-order valence-electron chi connectivity index (χ3n) is 6.80. The first-order valence-electron chi connectivity index (χ1n) is 15.3. The Morgan fingerprint density at radius 1 is 0.577 bits per heavy atom. The summed E-state index contributed by atoms with van der Waals surface area (Å²) in [5.74, 6) is -3.26. The van der Waals surface area contributed by atoms with Crippen molar-refractivity contribution in [3.8, 4) is 0 Å². The molecule has 2 rings (SSSR count). The standard InChI is InChI=1S/C30H40Cl4N6O8S4/c1-51(45,46)29(23(27(43)37-39(17-13-31)18-14-32)35-25(41)21-9-5-3-6-10-21)49-50-30(52(2,47)48)24(28(44)38-40(19-15-33)20-16-34)36-26(42)22-11-7-4-8-12-22/h3-12,23-24,29-30H,13-20H2,1-2H3,(H,35,41)(H,36,42)(H,37,43)(H,38,44). The Bertz CT molecular complexity index is 1550. The highest BCUT2D eigenvalue weighted by Crippen LogP contribution is 2.39. The summed E-state index contributed by atoms with van der Waals surface area (Å²) in [4.78, 5) is 54.2. The van der Waals surface area contributed by atoms with Crippen molar-refractivity contribution in [2.24, 2.45) is 0 Å². The maximum Gasteiger partial charge on any atom is 0.259 e. The first kappa shape index (κ1) is 46.2. The highest BCUT2D eigenvalue weighted by molar-refractivity contribution is 8.79. The molecule has 52 heavy (non-hydrogen) atoms. The molecule has 0 bridgehead atoms. The molecule has 0 aromatic heterocycles. The highest BCUT2D eigenvalue weighted by atomic mass is 35.5. The number of hydrazine groups is 2. The summed E-state index contributed by atoms with van der Waals surface area (Å²) in [7, 11) is -7.79. The molecule has 0 saturated carbocycles. The third kappa shape index (κ3) is 15.4. The molecule has 4 unspecified atom stereocenters. The Labute approximate surface area is 331 Å². The number of rotatable bonds is 23. The molecule has 4 atom stereocenters. The minimum Gasteiger partial charge on any atom is -0.338 e. The van der Waals surface area contributed by atoms with Gasteiger partial charge < -0.3 is 10.6 Å². The number of halogens is 4. The maximum absolute atomic E-state index is 13.8. The monoisotopic (exact) mass is 880 g/mol. The molecule has 290 valence electrons. The predicted octanol–water partition coefficient (Wildman–Crippen LogP) is 2.33. The van der Waals surface area contributed by atoms with Crippen LogP contribution in [0.25, 0.3) is 0 Å². The third-order valence-corrected chi connectivity index (χ3v) is 15.7. The number of carbonyl (C=O) groups excluding carboxylic acids is 4. The SMILES string of the molecule is CS(=O)(=O)C(SSC(C(NC(=O)c1ccccc1)C(=O)NN(CCCl)CCCl)S(C)(=O)=O)C(NC(=O)c1ccccc1)C(=O)NN(CCCl)CCCl. The van der Waals surface area contributed by atoms with Crippen LogP contribution in [-0.2, 0) is 29.3 Å². The zero-order valence-corrected chi connectivity index (χ0v) is 34.3. The van der Waals surface area contributed by atoms with E-state index in [4.69, 9.17) is 46.4 Å². The summed E-state index contributed by atoms with van der Waals surface area (Å²) in [5.41, 5.74) is 5.28. The van der Waals surface area contributed by atoms with E-state index in [1.165, 1.54) is 34.3 Å². The van der Waals surface area contributed by atoms with Crippen LogP contribution in [0.3, 0.4) is 0 Å². The number of sulfone groups is 2. The van der Waals surface area contributed by atoms with Gasteiger partial charge in [0, 0.05) is 73.3 Å². The number of nitrogens with zero attached hydrogens (tertiary/aromatic N) is 2. The van der Waals surface area contributed by atoms with Gasteiger partial charge in [-0.05, 0) is 24.3 Å². The quantitative estimate of drug-likeness (QED) is 0.0726. The van der Waals surface area contributed by atoms with Crippen molar-refractivity contribution < 1.29 is 36.0 Å². The van der Waals surface area contributed by atoms with Gasteiger partial charge in [-0.3, -0.25) is 30.0 Å². The minimum absolute atomic E-state index is 0.0692. The molecular weight excluding hydrogens is 842 g/mol. The summed E-state index contributed by atoms with van der Waals surface area (Å²) in [6.07, 6.45) is 1.62. The van der Waals surface area contributed by atoms with E-state index >= 15 is 0 Å². The molecule has 2 aromatic rings. The summed E-state index contributed by atoms with van der Waals surface area (Å²) in [6, 6.07) is 11.7. The van der Waals surface area contributed by atoms with Gasteiger partial charge in [-0.1, -0.05) is 58.0 Å². The summed E-state index contributed by atoms with van der Waals surface area (Å²) in [6.45, 7) is 0.458. The van der Waals surface area contributed by atoms with E-state index in [2.05, 4.69) is 21.5 Å². The number of benzene rings is 2. The van der Waals surface area contributed by atoms with E-state index in [1.807, 2.05) is 0 Å². The first-order chi connectivity index (χ1) is 24.6. The van der Waals surface area contributed by atoms with Gasteiger partial charge in [0.2, 0.25) is 0 Å². The molecule has 0 aliphatic carbocycles. The molecule has 0 heterocycles. The van der Waals surface area contributed by atoms with E-state index < -0.39 is 64.6 Å². The molecule has 0 aliphatic rings. The van der Waals surface area contributed by atoms with Gasteiger partial charge >= 0.3 is 0 Å². The molecule has 0 fully saturated rings. The Morgan fingerprint density at radius 3 is 1.12 bits per heavy atom. The van der Waals surface area contributed by atoms with Crippen molar-refractivity contribution in [2.45, 2.75) is 21.2 Å². The lowest BCUT2D eigenvalue weighted by atomic mass is 10.2. The lowest BCUT2D eigenvalue weighted by Gasteiger charge is -2.31. The number of hydrogen-bond acceptors (Lipinski definition) is 12. The van der Waals surface area contributed by atoms with Gasteiger partial charge in [0.05, 0.1) is 0 Å². The molecule has 14 nitrogen and oxygen atoms in total. The molecule has 0 saturated heterocycles. The van der Waals surface area contributed by atoms with Crippen LogP contribution in [-0.4, -0.2) is 134 Å². The van der Waals surface area contributed by atoms with Gasteiger partial charge in [0.15, 0.2) is 19.7 Å². The van der Waals surface area contributed by atoms with Crippen LogP contribution in [0.1, 0.15) is 20.7 Å². The Balaban J connectivity index is 2.61. The molecule has 0 aliphatic heterocycles. The second-order valence-corrected chi connectivity index (χ2v) is 19.9. The average molecular weight is 883 g/mol. The number of carbonyl (C=O) groups is 4. The molecule has 2 aromatic carbocycles. The van der Waals surface area contributed by atoms with Gasteiger partial charge in [-0.25, -0.2) is 26.9 Å². The topological polar surface area (TPSA) is 191 Å².